The van der Waals surface area contributed by atoms with E-state index in [1.165, 1.54) is 0 Å². The van der Waals surface area contributed by atoms with Crippen LogP contribution in [0.1, 0.15) is 33.1 Å². The molecule has 1 aliphatic carbocycles. The van der Waals surface area contributed by atoms with E-state index in [0.29, 0.717) is 18.4 Å². The number of rotatable bonds is 3. The molecule has 0 radical (unpaired) electrons. The van der Waals surface area contributed by atoms with Crippen LogP contribution in [0.4, 0.5) is 0 Å². The summed E-state index contributed by atoms with van der Waals surface area (Å²) in [5, 5.41) is 8.79. The van der Waals surface area contributed by atoms with Gasteiger partial charge in [0.05, 0.1) is 6.42 Å². The highest BCUT2D eigenvalue weighted by molar-refractivity contribution is 5.67. The molecule has 3 heteroatoms. The van der Waals surface area contributed by atoms with Crippen LogP contribution in [-0.4, -0.2) is 17.6 Å². The Kier molecular flexibility index (Phi) is 2.96. The molecule has 3 nitrogen and oxygen atoms in total. The number of aliphatic carboxylic acids is 1. The summed E-state index contributed by atoms with van der Waals surface area (Å²) in [5.41, 5.74) is 5.56. The summed E-state index contributed by atoms with van der Waals surface area (Å²) in [6.07, 6.45) is 2.17. The summed E-state index contributed by atoms with van der Waals surface area (Å²) in [6.45, 7) is 4.88. The maximum Gasteiger partial charge on any atom is 0.303 e. The van der Waals surface area contributed by atoms with Gasteiger partial charge in [-0.15, -0.1) is 0 Å². The molecule has 0 amide bonds. The van der Waals surface area contributed by atoms with Crippen molar-refractivity contribution in [2.24, 2.45) is 23.0 Å². The lowest BCUT2D eigenvalue weighted by atomic mass is 9.82. The molecule has 1 aliphatic rings. The zero-order chi connectivity index (χ0) is 10.1. The van der Waals surface area contributed by atoms with Crippen molar-refractivity contribution in [1.29, 1.82) is 0 Å². The summed E-state index contributed by atoms with van der Waals surface area (Å²) in [4.78, 5) is 10.7. The predicted octanol–water partition coefficient (Wildman–Crippen LogP) is 1.47. The van der Waals surface area contributed by atoms with E-state index >= 15 is 0 Å². The Morgan fingerprint density at radius 3 is 2.23 bits per heavy atom. The minimum atomic E-state index is -0.716. The van der Waals surface area contributed by atoms with Crippen molar-refractivity contribution in [2.75, 3.05) is 6.54 Å². The zero-order valence-corrected chi connectivity index (χ0v) is 8.42. The van der Waals surface area contributed by atoms with Gasteiger partial charge in [-0.05, 0) is 36.6 Å². The van der Waals surface area contributed by atoms with Gasteiger partial charge in [-0.3, -0.25) is 4.79 Å². The Balaban J connectivity index is 2.67. The molecule has 0 aromatic heterocycles. The van der Waals surface area contributed by atoms with Crippen molar-refractivity contribution in [3.05, 3.63) is 0 Å². The first-order valence-corrected chi connectivity index (χ1v) is 4.91. The van der Waals surface area contributed by atoms with Crippen LogP contribution in [0.2, 0.25) is 0 Å². The lowest BCUT2D eigenvalue weighted by Gasteiger charge is -2.25. The normalized spacial score (nSPS) is 39.3. The molecule has 3 N–H and O–H groups in total. The quantitative estimate of drug-likeness (QED) is 0.700. The third-order valence-corrected chi connectivity index (χ3v) is 3.44. The second-order valence-corrected chi connectivity index (χ2v) is 4.64. The van der Waals surface area contributed by atoms with E-state index in [2.05, 4.69) is 13.8 Å². The molecule has 0 heterocycles. The second-order valence-electron chi connectivity index (χ2n) is 4.64. The standard InChI is InChI=1S/C10H19NO2/c1-7-3-10(6-11,4-8(7)2)5-9(12)13/h7-8H,3-6,11H2,1-2H3,(H,12,13)/t7-,8+,10?. The van der Waals surface area contributed by atoms with Gasteiger partial charge in [0.25, 0.3) is 0 Å². The van der Waals surface area contributed by atoms with Gasteiger partial charge in [0.2, 0.25) is 0 Å². The molecule has 0 aromatic rings. The number of carbonyl (C=O) groups is 1. The molecule has 1 fully saturated rings. The van der Waals surface area contributed by atoms with Crippen LogP contribution in [0.5, 0.6) is 0 Å². The van der Waals surface area contributed by atoms with Crippen LogP contribution in [0.15, 0.2) is 0 Å². The summed E-state index contributed by atoms with van der Waals surface area (Å²) >= 11 is 0. The molecule has 3 atom stereocenters. The number of carboxylic acids is 1. The van der Waals surface area contributed by atoms with E-state index < -0.39 is 5.97 Å². The molecule has 1 unspecified atom stereocenters. The first kappa shape index (κ1) is 10.5. The fraction of sp³-hybridized carbons (Fsp3) is 0.900. The number of carboxylic acid groups (broad SMARTS) is 1. The van der Waals surface area contributed by atoms with Crippen molar-refractivity contribution < 1.29 is 9.90 Å². The summed E-state index contributed by atoms with van der Waals surface area (Å²) in [6, 6.07) is 0. The number of hydrogen-bond acceptors (Lipinski definition) is 2. The molecule has 0 aromatic carbocycles. The van der Waals surface area contributed by atoms with Gasteiger partial charge in [0.15, 0.2) is 0 Å². The third-order valence-electron chi connectivity index (χ3n) is 3.44. The van der Waals surface area contributed by atoms with Crippen LogP contribution in [0, 0.1) is 17.3 Å². The largest absolute Gasteiger partial charge is 0.481 e. The molecule has 0 saturated heterocycles. The smallest absolute Gasteiger partial charge is 0.303 e. The van der Waals surface area contributed by atoms with E-state index in [0.717, 1.165) is 12.8 Å². The van der Waals surface area contributed by atoms with E-state index in [1.54, 1.807) is 0 Å². The van der Waals surface area contributed by atoms with Gasteiger partial charge in [0, 0.05) is 0 Å². The van der Waals surface area contributed by atoms with Crippen LogP contribution in [0.3, 0.4) is 0 Å². The van der Waals surface area contributed by atoms with Crippen molar-refractivity contribution >= 4 is 5.97 Å². The van der Waals surface area contributed by atoms with Gasteiger partial charge in [-0.25, -0.2) is 0 Å². The predicted molar refractivity (Wildman–Crippen MR) is 51.3 cm³/mol. The molecule has 13 heavy (non-hydrogen) atoms. The highest BCUT2D eigenvalue weighted by atomic mass is 16.4. The van der Waals surface area contributed by atoms with Crippen molar-refractivity contribution in [2.45, 2.75) is 33.1 Å². The van der Waals surface area contributed by atoms with E-state index in [9.17, 15) is 4.79 Å². The van der Waals surface area contributed by atoms with Crippen molar-refractivity contribution in [1.82, 2.24) is 0 Å². The SMILES string of the molecule is C[C@@H]1CC(CN)(CC(=O)O)C[C@@H]1C. The third kappa shape index (κ3) is 2.21. The molecular weight excluding hydrogens is 166 g/mol. The van der Waals surface area contributed by atoms with E-state index in [4.69, 9.17) is 10.8 Å². The van der Waals surface area contributed by atoms with Gasteiger partial charge < -0.3 is 10.8 Å². The Morgan fingerprint density at radius 1 is 1.46 bits per heavy atom. The van der Waals surface area contributed by atoms with Crippen molar-refractivity contribution in [3.63, 3.8) is 0 Å². The van der Waals surface area contributed by atoms with Crippen LogP contribution >= 0.6 is 0 Å². The topological polar surface area (TPSA) is 63.3 Å². The molecule has 1 saturated carbocycles. The van der Waals surface area contributed by atoms with Crippen LogP contribution in [-0.2, 0) is 4.79 Å². The highest BCUT2D eigenvalue weighted by Gasteiger charge is 2.41. The fourth-order valence-corrected chi connectivity index (χ4v) is 2.56. The average molecular weight is 185 g/mol. The molecule has 0 aliphatic heterocycles. The maximum atomic E-state index is 10.7. The van der Waals surface area contributed by atoms with Crippen LogP contribution in [0.25, 0.3) is 0 Å². The first-order chi connectivity index (χ1) is 5.99. The second kappa shape index (κ2) is 3.66. The van der Waals surface area contributed by atoms with Crippen LogP contribution < -0.4 is 5.73 Å². The van der Waals surface area contributed by atoms with Gasteiger partial charge in [-0.1, -0.05) is 13.8 Å². The number of nitrogens with two attached hydrogens (primary N) is 1. The Hall–Kier alpha value is -0.570. The zero-order valence-electron chi connectivity index (χ0n) is 8.42. The lowest BCUT2D eigenvalue weighted by molar-refractivity contribution is -0.139. The highest BCUT2D eigenvalue weighted by Crippen LogP contribution is 2.46. The molecule has 0 bridgehead atoms. The first-order valence-electron chi connectivity index (χ1n) is 4.91. The minimum Gasteiger partial charge on any atom is -0.481 e. The fourth-order valence-electron chi connectivity index (χ4n) is 2.56. The number of hydrogen-bond donors (Lipinski definition) is 2. The Morgan fingerprint density at radius 2 is 1.92 bits per heavy atom. The van der Waals surface area contributed by atoms with Gasteiger partial charge in [-0.2, -0.15) is 0 Å². The molecule has 76 valence electrons. The van der Waals surface area contributed by atoms with E-state index in [-0.39, 0.29) is 11.8 Å². The summed E-state index contributed by atoms with van der Waals surface area (Å²) in [5.74, 6) is 0.512. The maximum absolute atomic E-state index is 10.7. The van der Waals surface area contributed by atoms with Gasteiger partial charge in [0.1, 0.15) is 0 Å². The monoisotopic (exact) mass is 185 g/mol. The van der Waals surface area contributed by atoms with E-state index in [1.807, 2.05) is 0 Å². The molecule has 0 spiro atoms. The summed E-state index contributed by atoms with van der Waals surface area (Å²) < 4.78 is 0. The molecular formula is C10H19NO2. The molecule has 1 rings (SSSR count). The lowest BCUT2D eigenvalue weighted by Crippen LogP contribution is -2.30. The Bertz CT molecular complexity index is 193. The van der Waals surface area contributed by atoms with Crippen molar-refractivity contribution in [3.8, 4) is 0 Å². The minimum absolute atomic E-state index is 0.120. The Labute approximate surface area is 79.3 Å². The average Bonchev–Trinajstić information content (AvgIpc) is 2.27. The van der Waals surface area contributed by atoms with Gasteiger partial charge >= 0.3 is 5.97 Å². The summed E-state index contributed by atoms with van der Waals surface area (Å²) in [7, 11) is 0.